The van der Waals surface area contributed by atoms with Crippen molar-refractivity contribution in [3.05, 3.63) is 18.0 Å². The second-order valence-corrected chi connectivity index (χ2v) is 8.26. The van der Waals surface area contributed by atoms with Gasteiger partial charge in [-0.05, 0) is 19.8 Å². The largest absolute Gasteiger partial charge is 0.357 e. The molecule has 0 radical (unpaired) electrons. The molecule has 0 aromatic carbocycles. The molecule has 3 rings (SSSR count). The molecule has 1 aliphatic heterocycles. The van der Waals surface area contributed by atoms with Gasteiger partial charge >= 0.3 is 0 Å². The van der Waals surface area contributed by atoms with E-state index in [0.29, 0.717) is 11.8 Å². The van der Waals surface area contributed by atoms with Gasteiger partial charge < -0.3 is 15.1 Å². The standard InChI is InChI=1S/C21H37N7O.HI/c1-4-22-21(25(2)16-18-15-24-26(3)17-18)23-9-10-27-11-13-28(14-12-27)20(29)19-7-5-6-8-19;/h15,17,19H,4-14,16H2,1-3H3,(H,22,23);1H. The van der Waals surface area contributed by atoms with E-state index in [9.17, 15) is 4.79 Å². The summed E-state index contributed by atoms with van der Waals surface area (Å²) < 4.78 is 1.82. The minimum Gasteiger partial charge on any atom is -0.357 e. The van der Waals surface area contributed by atoms with Crippen LogP contribution in [0.4, 0.5) is 0 Å². The van der Waals surface area contributed by atoms with Gasteiger partial charge in [0.1, 0.15) is 0 Å². The van der Waals surface area contributed by atoms with Crippen LogP contribution in [0.3, 0.4) is 0 Å². The zero-order chi connectivity index (χ0) is 20.6. The van der Waals surface area contributed by atoms with Crippen LogP contribution >= 0.6 is 24.0 Å². The molecule has 2 fully saturated rings. The number of guanidine groups is 1. The van der Waals surface area contributed by atoms with Gasteiger partial charge in [0.15, 0.2) is 5.96 Å². The van der Waals surface area contributed by atoms with Gasteiger partial charge in [0.2, 0.25) is 5.91 Å². The molecule has 0 spiro atoms. The average molecular weight is 531 g/mol. The summed E-state index contributed by atoms with van der Waals surface area (Å²) in [6, 6.07) is 0. The van der Waals surface area contributed by atoms with Crippen LogP contribution in [0.2, 0.25) is 0 Å². The Labute approximate surface area is 198 Å². The summed E-state index contributed by atoms with van der Waals surface area (Å²) in [5.41, 5.74) is 1.17. The highest BCUT2D eigenvalue weighted by Gasteiger charge is 2.29. The van der Waals surface area contributed by atoms with Gasteiger partial charge in [-0.2, -0.15) is 5.10 Å². The maximum Gasteiger partial charge on any atom is 0.225 e. The van der Waals surface area contributed by atoms with Crippen LogP contribution in [-0.4, -0.2) is 89.2 Å². The lowest BCUT2D eigenvalue weighted by Gasteiger charge is -2.35. The molecule has 1 aliphatic carbocycles. The minimum absolute atomic E-state index is 0. The first-order valence-corrected chi connectivity index (χ1v) is 11.0. The Balaban J connectivity index is 0.00000320. The molecule has 1 aromatic rings. The van der Waals surface area contributed by atoms with Gasteiger partial charge in [-0.15, -0.1) is 24.0 Å². The summed E-state index contributed by atoms with van der Waals surface area (Å²) in [6.45, 7) is 9.04. The maximum atomic E-state index is 12.6. The Morgan fingerprint density at radius 1 is 1.27 bits per heavy atom. The van der Waals surface area contributed by atoms with Crippen molar-refractivity contribution in [2.75, 3.05) is 52.9 Å². The van der Waals surface area contributed by atoms with E-state index in [1.54, 1.807) is 0 Å². The van der Waals surface area contributed by atoms with Crippen molar-refractivity contribution in [3.63, 3.8) is 0 Å². The summed E-state index contributed by atoms with van der Waals surface area (Å²) in [7, 11) is 3.99. The number of nitrogens with one attached hydrogen (secondary N) is 1. The summed E-state index contributed by atoms with van der Waals surface area (Å²) in [6.07, 6.45) is 8.55. The number of aromatic nitrogens is 2. The van der Waals surface area contributed by atoms with Crippen molar-refractivity contribution in [3.8, 4) is 0 Å². The Bertz CT molecular complexity index is 679. The second-order valence-electron chi connectivity index (χ2n) is 8.26. The van der Waals surface area contributed by atoms with Crippen molar-refractivity contribution in [2.24, 2.45) is 18.0 Å². The van der Waals surface area contributed by atoms with E-state index in [1.165, 1.54) is 18.4 Å². The normalized spacial score (nSPS) is 18.4. The molecule has 1 aromatic heterocycles. The van der Waals surface area contributed by atoms with Crippen LogP contribution in [0, 0.1) is 5.92 Å². The number of aryl methyl sites for hydroxylation is 1. The number of hydrogen-bond acceptors (Lipinski definition) is 4. The Hall–Kier alpha value is -1.36. The zero-order valence-corrected chi connectivity index (χ0v) is 21.0. The smallest absolute Gasteiger partial charge is 0.225 e. The lowest BCUT2D eigenvalue weighted by Crippen LogP contribution is -2.50. The second kappa shape index (κ2) is 12.5. The van der Waals surface area contributed by atoms with E-state index in [-0.39, 0.29) is 24.0 Å². The van der Waals surface area contributed by atoms with E-state index in [1.807, 2.05) is 24.1 Å². The van der Waals surface area contributed by atoms with Gasteiger partial charge in [0, 0.05) is 77.6 Å². The predicted molar refractivity (Wildman–Crippen MR) is 131 cm³/mol. The third-order valence-electron chi connectivity index (χ3n) is 5.94. The van der Waals surface area contributed by atoms with Crippen LogP contribution < -0.4 is 5.32 Å². The van der Waals surface area contributed by atoms with Gasteiger partial charge in [-0.3, -0.25) is 19.4 Å². The van der Waals surface area contributed by atoms with Crippen LogP contribution in [0.5, 0.6) is 0 Å². The van der Waals surface area contributed by atoms with Gasteiger partial charge in [-0.25, -0.2) is 0 Å². The SMILES string of the molecule is CCNC(=NCCN1CCN(C(=O)C2CCCC2)CC1)N(C)Cc1cnn(C)c1.I. The fraction of sp³-hybridized carbons (Fsp3) is 0.762. The number of rotatable bonds is 7. The summed E-state index contributed by atoms with van der Waals surface area (Å²) in [5.74, 6) is 1.61. The number of amides is 1. The van der Waals surface area contributed by atoms with Crippen LogP contribution in [0.15, 0.2) is 17.4 Å². The topological polar surface area (TPSA) is 69.0 Å². The number of carbonyl (C=O) groups excluding carboxylic acids is 1. The van der Waals surface area contributed by atoms with Gasteiger partial charge in [0.05, 0.1) is 12.7 Å². The number of aliphatic imine (C=N–C) groups is 1. The third kappa shape index (κ3) is 7.11. The molecular weight excluding hydrogens is 493 g/mol. The Kier molecular flexibility index (Phi) is 10.4. The van der Waals surface area contributed by atoms with E-state index in [0.717, 1.165) is 71.2 Å². The Morgan fingerprint density at radius 2 is 1.97 bits per heavy atom. The molecule has 1 N–H and O–H groups in total. The minimum atomic E-state index is 0. The lowest BCUT2D eigenvalue weighted by atomic mass is 10.1. The first kappa shape index (κ1) is 24.9. The fourth-order valence-electron chi connectivity index (χ4n) is 4.29. The monoisotopic (exact) mass is 531 g/mol. The molecule has 9 heteroatoms. The Morgan fingerprint density at radius 3 is 2.57 bits per heavy atom. The molecule has 2 aliphatic rings. The van der Waals surface area contributed by atoms with E-state index in [4.69, 9.17) is 4.99 Å². The number of hydrogen-bond donors (Lipinski definition) is 1. The van der Waals surface area contributed by atoms with Crippen molar-refractivity contribution >= 4 is 35.8 Å². The zero-order valence-electron chi connectivity index (χ0n) is 18.7. The molecule has 170 valence electrons. The predicted octanol–water partition coefficient (Wildman–Crippen LogP) is 1.77. The highest BCUT2D eigenvalue weighted by Crippen LogP contribution is 2.26. The first-order valence-electron chi connectivity index (χ1n) is 11.0. The molecule has 1 saturated carbocycles. The molecule has 8 nitrogen and oxygen atoms in total. The van der Waals surface area contributed by atoms with E-state index >= 15 is 0 Å². The van der Waals surface area contributed by atoms with Gasteiger partial charge in [-0.1, -0.05) is 12.8 Å². The number of nitrogens with zero attached hydrogens (tertiary/aromatic N) is 6. The fourth-order valence-corrected chi connectivity index (χ4v) is 4.29. The molecule has 2 heterocycles. The van der Waals surface area contributed by atoms with Crippen molar-refractivity contribution in [2.45, 2.75) is 39.2 Å². The highest BCUT2D eigenvalue weighted by molar-refractivity contribution is 14.0. The van der Waals surface area contributed by atoms with Gasteiger partial charge in [0.25, 0.3) is 0 Å². The summed E-state index contributed by atoms with van der Waals surface area (Å²) in [4.78, 5) is 24.0. The molecule has 1 saturated heterocycles. The quantitative estimate of drug-likeness (QED) is 0.330. The average Bonchev–Trinajstić information content (AvgIpc) is 3.39. The number of halogens is 1. The molecule has 0 atom stereocenters. The first-order chi connectivity index (χ1) is 14.1. The van der Waals surface area contributed by atoms with Crippen molar-refractivity contribution in [1.29, 1.82) is 0 Å². The highest BCUT2D eigenvalue weighted by atomic mass is 127. The number of piperazine rings is 1. The summed E-state index contributed by atoms with van der Waals surface area (Å²) >= 11 is 0. The van der Waals surface area contributed by atoms with Crippen LogP contribution in [-0.2, 0) is 18.4 Å². The molecule has 30 heavy (non-hydrogen) atoms. The molecule has 0 bridgehead atoms. The van der Waals surface area contributed by atoms with Crippen molar-refractivity contribution in [1.82, 2.24) is 29.8 Å². The van der Waals surface area contributed by atoms with Crippen molar-refractivity contribution < 1.29 is 4.79 Å². The van der Waals surface area contributed by atoms with E-state index < -0.39 is 0 Å². The molecule has 1 amide bonds. The van der Waals surface area contributed by atoms with Crippen LogP contribution in [0.25, 0.3) is 0 Å². The maximum absolute atomic E-state index is 12.6. The summed E-state index contributed by atoms with van der Waals surface area (Å²) in [5, 5.41) is 7.61. The molecule has 0 unspecified atom stereocenters. The third-order valence-corrected chi connectivity index (χ3v) is 5.94. The number of carbonyl (C=O) groups is 1. The lowest BCUT2D eigenvalue weighted by molar-refractivity contribution is -0.137. The van der Waals surface area contributed by atoms with E-state index in [2.05, 4.69) is 39.1 Å². The van der Waals surface area contributed by atoms with Crippen LogP contribution in [0.1, 0.15) is 38.2 Å². The molecular formula is C21H38IN7O.